The molecule has 0 fully saturated rings. The van der Waals surface area contributed by atoms with E-state index in [0.717, 1.165) is 6.42 Å². The van der Waals surface area contributed by atoms with Gasteiger partial charge in [-0.25, -0.2) is 0 Å². The summed E-state index contributed by atoms with van der Waals surface area (Å²) in [4.78, 5) is 25.1. The topological polar surface area (TPSA) is 78.0 Å². The van der Waals surface area contributed by atoms with Gasteiger partial charge in [0.25, 0.3) is 5.24 Å². The average Bonchev–Trinajstić information content (AvgIpc) is 2.57. The van der Waals surface area contributed by atoms with Gasteiger partial charge in [-0.2, -0.15) is 0 Å². The highest BCUT2D eigenvalue weighted by molar-refractivity contribution is 6.67. The summed E-state index contributed by atoms with van der Waals surface area (Å²) in [6.45, 7) is 4.23. The smallest absolute Gasteiger partial charge is 0.358 e. The van der Waals surface area contributed by atoms with Gasteiger partial charge >= 0.3 is 5.82 Å². The maximum Gasteiger partial charge on any atom is 0.394 e. The van der Waals surface area contributed by atoms with E-state index < -0.39 is 16.0 Å². The minimum absolute atomic E-state index is 0.120. The minimum atomic E-state index is -0.840. The molecule has 0 unspecified atom stereocenters. The van der Waals surface area contributed by atoms with Crippen molar-refractivity contribution in [3.63, 3.8) is 0 Å². The van der Waals surface area contributed by atoms with Crippen LogP contribution in [-0.2, 0) is 13.0 Å². The SMILES string of the molecule is CCCn1c(CC)nc([N+](=O)[O-])c1C(=O)Cl. The zero-order valence-corrected chi connectivity index (χ0v) is 9.82. The third kappa shape index (κ3) is 2.21. The summed E-state index contributed by atoms with van der Waals surface area (Å²) < 4.78 is 1.52. The first-order chi connectivity index (χ1) is 7.52. The van der Waals surface area contributed by atoms with Crippen molar-refractivity contribution in [1.29, 1.82) is 0 Å². The van der Waals surface area contributed by atoms with Crippen molar-refractivity contribution in [3.8, 4) is 0 Å². The molecule has 1 rings (SSSR count). The molecule has 6 nitrogen and oxygen atoms in total. The second kappa shape index (κ2) is 5.07. The molecule has 0 spiro atoms. The van der Waals surface area contributed by atoms with Gasteiger partial charge in [-0.1, -0.05) is 13.8 Å². The van der Waals surface area contributed by atoms with Crippen molar-refractivity contribution in [2.45, 2.75) is 33.2 Å². The van der Waals surface area contributed by atoms with E-state index in [4.69, 9.17) is 11.6 Å². The molecule has 0 radical (unpaired) electrons. The van der Waals surface area contributed by atoms with Crippen molar-refractivity contribution in [3.05, 3.63) is 21.6 Å². The zero-order chi connectivity index (χ0) is 12.3. The van der Waals surface area contributed by atoms with Crippen molar-refractivity contribution in [2.24, 2.45) is 0 Å². The number of carbonyl (C=O) groups is 1. The van der Waals surface area contributed by atoms with Gasteiger partial charge in [0.1, 0.15) is 0 Å². The summed E-state index contributed by atoms with van der Waals surface area (Å²) in [5.41, 5.74) is -0.120. The molecular formula is C9H12ClN3O3. The number of nitro groups is 1. The van der Waals surface area contributed by atoms with Crippen molar-refractivity contribution in [1.82, 2.24) is 9.55 Å². The van der Waals surface area contributed by atoms with Gasteiger partial charge in [0.2, 0.25) is 11.5 Å². The van der Waals surface area contributed by atoms with Crippen LogP contribution >= 0.6 is 11.6 Å². The number of hydrogen-bond donors (Lipinski definition) is 0. The van der Waals surface area contributed by atoms with E-state index in [2.05, 4.69) is 4.98 Å². The summed E-state index contributed by atoms with van der Waals surface area (Å²) in [5, 5.41) is 9.89. The molecule has 0 saturated heterocycles. The molecule has 0 bridgehead atoms. The molecule has 1 aromatic heterocycles. The Labute approximate surface area is 97.4 Å². The molecule has 0 aromatic carbocycles. The predicted molar refractivity (Wildman–Crippen MR) is 58.7 cm³/mol. The van der Waals surface area contributed by atoms with E-state index in [0.29, 0.717) is 18.8 Å². The van der Waals surface area contributed by atoms with Crippen LogP contribution in [-0.4, -0.2) is 19.7 Å². The van der Waals surface area contributed by atoms with E-state index >= 15 is 0 Å². The molecule has 0 aliphatic heterocycles. The Morgan fingerprint density at radius 3 is 2.56 bits per heavy atom. The molecule has 0 amide bonds. The van der Waals surface area contributed by atoms with Gasteiger partial charge in [-0.3, -0.25) is 9.36 Å². The number of aryl methyl sites for hydroxylation is 1. The maximum absolute atomic E-state index is 11.2. The molecule has 0 atom stereocenters. The van der Waals surface area contributed by atoms with Crippen LogP contribution in [0.3, 0.4) is 0 Å². The van der Waals surface area contributed by atoms with Crippen LogP contribution < -0.4 is 0 Å². The Hall–Kier alpha value is -1.43. The molecule has 1 aromatic rings. The first-order valence-corrected chi connectivity index (χ1v) is 5.34. The van der Waals surface area contributed by atoms with E-state index in [1.54, 1.807) is 0 Å². The Kier molecular flexibility index (Phi) is 4.00. The molecule has 1 heterocycles. The van der Waals surface area contributed by atoms with Crippen molar-refractivity contribution in [2.75, 3.05) is 0 Å². The highest BCUT2D eigenvalue weighted by Crippen LogP contribution is 2.22. The molecule has 0 aliphatic rings. The van der Waals surface area contributed by atoms with Gasteiger partial charge in [-0.15, -0.1) is 0 Å². The van der Waals surface area contributed by atoms with Crippen LogP contribution in [0.5, 0.6) is 0 Å². The van der Waals surface area contributed by atoms with E-state index in [9.17, 15) is 14.9 Å². The normalized spacial score (nSPS) is 10.4. The fraction of sp³-hybridized carbons (Fsp3) is 0.556. The van der Waals surface area contributed by atoms with Gasteiger partial charge in [0, 0.05) is 13.0 Å². The molecular weight excluding hydrogens is 234 g/mol. The molecule has 0 saturated carbocycles. The zero-order valence-electron chi connectivity index (χ0n) is 9.07. The Bertz CT molecular complexity index is 428. The predicted octanol–water partition coefficient (Wildman–Crippen LogP) is 2.14. The second-order valence-electron chi connectivity index (χ2n) is 3.24. The number of halogens is 1. The maximum atomic E-state index is 11.2. The van der Waals surface area contributed by atoms with Crippen molar-refractivity contribution < 1.29 is 9.72 Å². The highest BCUT2D eigenvalue weighted by Gasteiger charge is 2.30. The summed E-state index contributed by atoms with van der Waals surface area (Å²) >= 11 is 5.36. The fourth-order valence-corrected chi connectivity index (χ4v) is 1.73. The minimum Gasteiger partial charge on any atom is -0.358 e. The van der Waals surface area contributed by atoms with Crippen LogP contribution in [0.2, 0.25) is 0 Å². The standard InChI is InChI=1S/C9H12ClN3O3/c1-3-5-12-6(4-2)11-9(13(15)16)7(12)8(10)14/h3-5H2,1-2H3. The fourth-order valence-electron chi connectivity index (χ4n) is 1.54. The lowest BCUT2D eigenvalue weighted by Crippen LogP contribution is -2.09. The number of carbonyl (C=O) groups excluding carboxylic acids is 1. The third-order valence-corrected chi connectivity index (χ3v) is 2.33. The van der Waals surface area contributed by atoms with E-state index in [1.807, 2.05) is 13.8 Å². The first-order valence-electron chi connectivity index (χ1n) is 4.96. The third-order valence-electron chi connectivity index (χ3n) is 2.15. The summed E-state index contributed by atoms with van der Waals surface area (Å²) in [7, 11) is 0. The van der Waals surface area contributed by atoms with Gasteiger partial charge in [-0.05, 0) is 27.9 Å². The molecule has 0 N–H and O–H groups in total. The van der Waals surface area contributed by atoms with Crippen LogP contribution in [0.25, 0.3) is 0 Å². The summed E-state index contributed by atoms with van der Waals surface area (Å²) in [5.74, 6) is 0.0582. The van der Waals surface area contributed by atoms with Crippen LogP contribution in [0.1, 0.15) is 36.6 Å². The largest absolute Gasteiger partial charge is 0.394 e. The second-order valence-corrected chi connectivity index (χ2v) is 3.58. The number of imidazole rings is 1. The Balaban J connectivity index is 3.41. The lowest BCUT2D eigenvalue weighted by atomic mass is 10.4. The van der Waals surface area contributed by atoms with Crippen LogP contribution in [0.4, 0.5) is 5.82 Å². The van der Waals surface area contributed by atoms with E-state index in [1.165, 1.54) is 4.57 Å². The molecule has 0 aliphatic carbocycles. The average molecular weight is 246 g/mol. The molecule has 7 heteroatoms. The van der Waals surface area contributed by atoms with Gasteiger partial charge in [0.05, 0.1) is 0 Å². The molecule has 16 heavy (non-hydrogen) atoms. The number of hydrogen-bond acceptors (Lipinski definition) is 4. The first kappa shape index (κ1) is 12.6. The summed E-state index contributed by atoms with van der Waals surface area (Å²) in [6, 6.07) is 0. The van der Waals surface area contributed by atoms with Gasteiger partial charge < -0.3 is 10.1 Å². The van der Waals surface area contributed by atoms with Gasteiger partial charge in [0.15, 0.2) is 0 Å². The monoisotopic (exact) mass is 245 g/mol. The van der Waals surface area contributed by atoms with Crippen LogP contribution in [0.15, 0.2) is 0 Å². The lowest BCUT2D eigenvalue weighted by molar-refractivity contribution is -0.389. The van der Waals surface area contributed by atoms with Crippen molar-refractivity contribution >= 4 is 22.7 Å². The Morgan fingerprint density at radius 1 is 1.56 bits per heavy atom. The summed E-state index contributed by atoms with van der Waals surface area (Å²) in [6.07, 6.45) is 1.27. The lowest BCUT2D eigenvalue weighted by Gasteiger charge is -2.03. The Morgan fingerprint density at radius 2 is 2.19 bits per heavy atom. The number of nitrogens with zero attached hydrogens (tertiary/aromatic N) is 3. The molecule has 88 valence electrons. The highest BCUT2D eigenvalue weighted by atomic mass is 35.5. The quantitative estimate of drug-likeness (QED) is 0.452. The van der Waals surface area contributed by atoms with E-state index in [-0.39, 0.29) is 5.69 Å². The van der Waals surface area contributed by atoms with Crippen LogP contribution in [0, 0.1) is 10.1 Å². The number of aromatic nitrogens is 2. The number of rotatable bonds is 5.